The molecule has 5 atom stereocenters. The van der Waals surface area contributed by atoms with Crippen LogP contribution in [0.3, 0.4) is 0 Å². The fraction of sp³-hybridized carbons (Fsp3) is 0.760. The molecule has 0 saturated heterocycles. The maximum Gasteiger partial charge on any atom is 0.270 e. The van der Waals surface area contributed by atoms with Crippen molar-refractivity contribution in [3.05, 3.63) is 29.6 Å². The molecule has 0 radical (unpaired) electrons. The first-order valence-corrected chi connectivity index (χ1v) is 12.1. The number of fused-ring (bicyclic) bond motifs is 2. The fourth-order valence-electron chi connectivity index (χ4n) is 7.26. The Morgan fingerprint density at radius 1 is 1.07 bits per heavy atom. The van der Waals surface area contributed by atoms with Crippen LogP contribution in [0, 0.1) is 30.6 Å². The first kappa shape index (κ1) is 19.5. The molecule has 4 heteroatoms. The summed E-state index contributed by atoms with van der Waals surface area (Å²) in [4.78, 5) is 17.2. The normalized spacial score (nSPS) is 36.7. The molecule has 29 heavy (non-hydrogen) atoms. The predicted molar refractivity (Wildman–Crippen MR) is 116 cm³/mol. The van der Waals surface area contributed by atoms with E-state index in [4.69, 9.17) is 0 Å². The van der Waals surface area contributed by atoms with Crippen molar-refractivity contribution in [2.75, 3.05) is 6.54 Å². The Morgan fingerprint density at radius 2 is 1.86 bits per heavy atom. The zero-order chi connectivity index (χ0) is 19.8. The van der Waals surface area contributed by atoms with Gasteiger partial charge in [-0.1, -0.05) is 25.3 Å². The van der Waals surface area contributed by atoms with Gasteiger partial charge in [0, 0.05) is 17.3 Å². The van der Waals surface area contributed by atoms with Crippen LogP contribution in [0.25, 0.3) is 0 Å². The minimum absolute atomic E-state index is 0.0103. The summed E-state index contributed by atoms with van der Waals surface area (Å²) in [7, 11) is 0. The second-order valence-corrected chi connectivity index (χ2v) is 10.7. The highest BCUT2D eigenvalue weighted by atomic mass is 16.1. The maximum atomic E-state index is 12.7. The lowest BCUT2D eigenvalue weighted by atomic mass is 9.74. The average Bonchev–Trinajstić information content (AvgIpc) is 2.89. The van der Waals surface area contributed by atoms with Gasteiger partial charge in [0.1, 0.15) is 5.69 Å². The molecule has 5 rings (SSSR count). The number of pyridine rings is 1. The Labute approximate surface area is 175 Å². The molecule has 0 aliphatic heterocycles. The van der Waals surface area contributed by atoms with E-state index in [2.05, 4.69) is 15.6 Å². The molecule has 4 nitrogen and oxygen atoms in total. The number of rotatable bonds is 5. The molecule has 3 bridgehead atoms. The largest absolute Gasteiger partial charge is 0.348 e. The van der Waals surface area contributed by atoms with E-state index in [9.17, 15) is 4.79 Å². The van der Waals surface area contributed by atoms with Crippen LogP contribution < -0.4 is 10.6 Å². The van der Waals surface area contributed by atoms with E-state index in [0.29, 0.717) is 17.3 Å². The van der Waals surface area contributed by atoms with Crippen molar-refractivity contribution in [3.8, 4) is 0 Å². The van der Waals surface area contributed by atoms with E-state index >= 15 is 0 Å². The zero-order valence-electron chi connectivity index (χ0n) is 18.0. The Balaban J connectivity index is 1.21. The highest BCUT2D eigenvalue weighted by molar-refractivity contribution is 5.92. The molecule has 1 aromatic heterocycles. The van der Waals surface area contributed by atoms with Gasteiger partial charge in [-0.15, -0.1) is 0 Å². The zero-order valence-corrected chi connectivity index (χ0v) is 18.0. The van der Waals surface area contributed by atoms with Crippen LogP contribution in [0.4, 0.5) is 0 Å². The summed E-state index contributed by atoms with van der Waals surface area (Å²) in [6, 6.07) is 6.02. The smallest absolute Gasteiger partial charge is 0.270 e. The summed E-state index contributed by atoms with van der Waals surface area (Å²) in [5.41, 5.74) is 1.87. The summed E-state index contributed by atoms with van der Waals surface area (Å²) < 4.78 is 0. The lowest BCUT2D eigenvalue weighted by Gasteiger charge is -2.41. The number of nitrogens with zero attached hydrogens (tertiary/aromatic N) is 1. The van der Waals surface area contributed by atoms with Crippen LogP contribution in [-0.4, -0.2) is 29.0 Å². The minimum atomic E-state index is 0.0103. The molecule has 4 saturated carbocycles. The fourth-order valence-corrected chi connectivity index (χ4v) is 7.26. The third kappa shape index (κ3) is 4.23. The van der Waals surface area contributed by atoms with Crippen molar-refractivity contribution in [1.29, 1.82) is 0 Å². The van der Waals surface area contributed by atoms with Crippen molar-refractivity contribution >= 4 is 5.91 Å². The second-order valence-electron chi connectivity index (χ2n) is 10.7. The Kier molecular flexibility index (Phi) is 5.40. The van der Waals surface area contributed by atoms with Gasteiger partial charge in [-0.2, -0.15) is 0 Å². The van der Waals surface area contributed by atoms with Crippen molar-refractivity contribution in [1.82, 2.24) is 15.6 Å². The third-order valence-electron chi connectivity index (χ3n) is 8.44. The molecule has 0 spiro atoms. The van der Waals surface area contributed by atoms with Gasteiger partial charge in [0.15, 0.2) is 0 Å². The van der Waals surface area contributed by atoms with Crippen LogP contribution in [0.2, 0.25) is 0 Å². The number of aryl methyl sites for hydroxylation is 1. The first-order valence-electron chi connectivity index (χ1n) is 12.1. The molecule has 4 aliphatic rings. The molecular formula is C25H37N3O. The van der Waals surface area contributed by atoms with Crippen molar-refractivity contribution in [3.63, 3.8) is 0 Å². The molecule has 2 N–H and O–H groups in total. The first-order chi connectivity index (χ1) is 14.1. The van der Waals surface area contributed by atoms with Gasteiger partial charge in [-0.3, -0.25) is 4.79 Å². The van der Waals surface area contributed by atoms with Crippen LogP contribution >= 0.6 is 0 Å². The Hall–Kier alpha value is -1.42. The van der Waals surface area contributed by atoms with Gasteiger partial charge in [-0.05, 0) is 101 Å². The average molecular weight is 396 g/mol. The topological polar surface area (TPSA) is 54.0 Å². The van der Waals surface area contributed by atoms with Crippen molar-refractivity contribution in [2.24, 2.45) is 23.7 Å². The number of amides is 1. The minimum Gasteiger partial charge on any atom is -0.348 e. The number of hydrogen-bond donors (Lipinski definition) is 2. The Morgan fingerprint density at radius 3 is 2.66 bits per heavy atom. The summed E-state index contributed by atoms with van der Waals surface area (Å²) >= 11 is 0. The quantitative estimate of drug-likeness (QED) is 0.764. The molecule has 4 fully saturated rings. The molecule has 1 amide bonds. The van der Waals surface area contributed by atoms with Gasteiger partial charge in [-0.25, -0.2) is 4.98 Å². The molecule has 4 aliphatic carbocycles. The van der Waals surface area contributed by atoms with Crippen LogP contribution in [-0.2, 0) is 0 Å². The number of nitrogens with one attached hydrogen (secondary N) is 2. The number of hydrogen-bond acceptors (Lipinski definition) is 3. The highest BCUT2D eigenvalue weighted by Gasteiger charge is 2.52. The Bertz CT molecular complexity index is 739. The van der Waals surface area contributed by atoms with Gasteiger partial charge in [0.25, 0.3) is 5.91 Å². The predicted octanol–water partition coefficient (Wildman–Crippen LogP) is 4.63. The van der Waals surface area contributed by atoms with E-state index in [0.717, 1.165) is 42.2 Å². The molecule has 1 aromatic rings. The summed E-state index contributed by atoms with van der Waals surface area (Å²) in [5.74, 6) is 3.32. The number of carbonyl (C=O) groups is 1. The van der Waals surface area contributed by atoms with E-state index < -0.39 is 0 Å². The SMILES string of the molecule is Cc1cccc(C(=O)NC2CC3CC4CC(NCC5CCCCC5)(C3)CC4C2)n1. The molecule has 1 heterocycles. The molecule has 158 valence electrons. The maximum absolute atomic E-state index is 12.7. The summed E-state index contributed by atoms with van der Waals surface area (Å²) in [6.07, 6.45) is 14.9. The van der Waals surface area contributed by atoms with Gasteiger partial charge >= 0.3 is 0 Å². The van der Waals surface area contributed by atoms with Crippen molar-refractivity contribution < 1.29 is 4.79 Å². The number of aromatic nitrogens is 1. The van der Waals surface area contributed by atoms with E-state index in [1.54, 1.807) is 0 Å². The van der Waals surface area contributed by atoms with E-state index in [-0.39, 0.29) is 5.91 Å². The standard InChI is InChI=1S/C25H37N3O/c1-17-6-5-9-23(27-17)24(29)28-22-11-19-10-20-14-25(13-19,15-21(20)12-22)26-16-18-7-3-2-4-8-18/h5-6,9,18-22,26H,2-4,7-8,10-16H2,1H3,(H,28,29). The molecule has 0 aromatic carbocycles. The van der Waals surface area contributed by atoms with Crippen LogP contribution in [0.1, 0.15) is 86.8 Å². The van der Waals surface area contributed by atoms with Gasteiger partial charge in [0.2, 0.25) is 0 Å². The summed E-state index contributed by atoms with van der Waals surface area (Å²) in [6.45, 7) is 3.19. The third-order valence-corrected chi connectivity index (χ3v) is 8.44. The monoisotopic (exact) mass is 395 g/mol. The highest BCUT2D eigenvalue weighted by Crippen LogP contribution is 2.55. The number of carbonyl (C=O) groups excluding carboxylic acids is 1. The van der Waals surface area contributed by atoms with Crippen molar-refractivity contribution in [2.45, 2.75) is 89.1 Å². The summed E-state index contributed by atoms with van der Waals surface area (Å²) in [5, 5.41) is 7.46. The van der Waals surface area contributed by atoms with Gasteiger partial charge < -0.3 is 10.6 Å². The lowest BCUT2D eigenvalue weighted by Crippen LogP contribution is -2.50. The van der Waals surface area contributed by atoms with E-state index in [1.165, 1.54) is 64.3 Å². The lowest BCUT2D eigenvalue weighted by molar-refractivity contribution is 0.0913. The van der Waals surface area contributed by atoms with Crippen LogP contribution in [0.5, 0.6) is 0 Å². The molecular weight excluding hydrogens is 358 g/mol. The second kappa shape index (κ2) is 8.02. The molecule has 5 unspecified atom stereocenters. The van der Waals surface area contributed by atoms with Gasteiger partial charge in [0.05, 0.1) is 0 Å². The van der Waals surface area contributed by atoms with E-state index in [1.807, 2.05) is 25.1 Å². The van der Waals surface area contributed by atoms with Crippen LogP contribution in [0.15, 0.2) is 18.2 Å².